The molecule has 10 heteroatoms. The number of rotatable bonds is 6. The number of morpholine rings is 1. The first-order chi connectivity index (χ1) is 12.6. The molecule has 0 N–H and O–H groups in total. The van der Waals surface area contributed by atoms with Gasteiger partial charge in [-0.2, -0.15) is 4.31 Å². The molecule has 1 heterocycles. The highest BCUT2D eigenvalue weighted by atomic mass is 35.5. The number of amides is 1. The van der Waals surface area contributed by atoms with Crippen molar-refractivity contribution in [3.8, 4) is 0 Å². The zero-order valence-corrected chi connectivity index (χ0v) is 17.0. The third-order valence-corrected chi connectivity index (χ3v) is 6.63. The van der Waals surface area contributed by atoms with Gasteiger partial charge in [0.2, 0.25) is 10.0 Å². The van der Waals surface area contributed by atoms with Crippen LogP contribution < -0.4 is 0 Å². The number of ether oxygens (including phenoxy) is 2. The van der Waals surface area contributed by atoms with Gasteiger partial charge in [0.25, 0.3) is 5.91 Å². The minimum Gasteiger partial charge on any atom is -0.452 e. The molecule has 27 heavy (non-hydrogen) atoms. The van der Waals surface area contributed by atoms with Crippen LogP contribution >= 0.6 is 11.6 Å². The number of hydrogen-bond donors (Lipinski definition) is 0. The lowest BCUT2D eigenvalue weighted by Gasteiger charge is -2.26. The van der Waals surface area contributed by atoms with Gasteiger partial charge in [-0.25, -0.2) is 13.2 Å². The van der Waals surface area contributed by atoms with Gasteiger partial charge < -0.3 is 14.4 Å². The first kappa shape index (κ1) is 21.6. The van der Waals surface area contributed by atoms with Crippen LogP contribution in [0.25, 0.3) is 0 Å². The SMILES string of the molecule is CC(C)N(C)C(=O)COC(=O)c1ccc(Cl)c(S(=O)(=O)N2CCOCC2)c1. The average Bonchev–Trinajstić information content (AvgIpc) is 2.65. The second kappa shape index (κ2) is 9.01. The second-order valence-electron chi connectivity index (χ2n) is 6.34. The Kier molecular flexibility index (Phi) is 7.21. The van der Waals surface area contributed by atoms with E-state index in [-0.39, 0.29) is 40.5 Å². The van der Waals surface area contributed by atoms with Crippen molar-refractivity contribution in [2.45, 2.75) is 24.8 Å². The number of sulfonamides is 1. The summed E-state index contributed by atoms with van der Waals surface area (Å²) in [5, 5.41) is 0.00802. The van der Waals surface area contributed by atoms with Crippen LogP contribution in [0.2, 0.25) is 5.02 Å². The maximum atomic E-state index is 12.8. The Bertz CT molecular complexity index is 806. The van der Waals surface area contributed by atoms with E-state index in [0.717, 1.165) is 0 Å². The minimum absolute atomic E-state index is 0.00577. The third-order valence-electron chi connectivity index (χ3n) is 4.25. The molecule has 150 valence electrons. The van der Waals surface area contributed by atoms with Crippen LogP contribution in [-0.2, 0) is 24.3 Å². The molecule has 1 amide bonds. The van der Waals surface area contributed by atoms with Gasteiger partial charge in [0.1, 0.15) is 4.90 Å². The van der Waals surface area contributed by atoms with Crippen molar-refractivity contribution in [2.75, 3.05) is 40.0 Å². The summed E-state index contributed by atoms with van der Waals surface area (Å²) in [5.74, 6) is -1.15. The van der Waals surface area contributed by atoms with Crippen LogP contribution in [-0.4, -0.2) is 75.5 Å². The van der Waals surface area contributed by atoms with Crippen molar-refractivity contribution in [3.63, 3.8) is 0 Å². The minimum atomic E-state index is -3.87. The number of likely N-dealkylation sites (N-methyl/N-ethyl adjacent to an activating group) is 1. The maximum absolute atomic E-state index is 12.8. The monoisotopic (exact) mass is 418 g/mol. The van der Waals surface area contributed by atoms with Gasteiger partial charge in [0.15, 0.2) is 6.61 Å². The summed E-state index contributed by atoms with van der Waals surface area (Å²) in [6.07, 6.45) is 0. The van der Waals surface area contributed by atoms with Crippen molar-refractivity contribution in [1.29, 1.82) is 0 Å². The lowest BCUT2D eigenvalue weighted by molar-refractivity contribution is -0.134. The Morgan fingerprint density at radius 3 is 2.52 bits per heavy atom. The van der Waals surface area contributed by atoms with E-state index in [1.165, 1.54) is 27.4 Å². The topological polar surface area (TPSA) is 93.2 Å². The molecule has 0 atom stereocenters. The number of carbonyl (C=O) groups is 2. The Labute approximate surface area is 164 Å². The summed E-state index contributed by atoms with van der Waals surface area (Å²) >= 11 is 6.06. The third kappa shape index (κ3) is 5.19. The van der Waals surface area contributed by atoms with Crippen molar-refractivity contribution in [2.24, 2.45) is 0 Å². The van der Waals surface area contributed by atoms with Gasteiger partial charge in [-0.3, -0.25) is 4.79 Å². The first-order valence-electron chi connectivity index (χ1n) is 8.45. The zero-order chi connectivity index (χ0) is 20.2. The zero-order valence-electron chi connectivity index (χ0n) is 15.5. The fraction of sp³-hybridized carbons (Fsp3) is 0.529. The fourth-order valence-electron chi connectivity index (χ4n) is 2.35. The Balaban J connectivity index is 2.16. The van der Waals surface area contributed by atoms with Gasteiger partial charge in [0.05, 0.1) is 23.8 Å². The van der Waals surface area contributed by atoms with Crippen LogP contribution in [0.1, 0.15) is 24.2 Å². The molecule has 1 aromatic rings. The lowest BCUT2D eigenvalue weighted by atomic mass is 10.2. The van der Waals surface area contributed by atoms with E-state index >= 15 is 0 Å². The molecule has 1 aromatic carbocycles. The van der Waals surface area contributed by atoms with E-state index in [0.29, 0.717) is 13.2 Å². The summed E-state index contributed by atoms with van der Waals surface area (Å²) in [7, 11) is -2.26. The fourth-order valence-corrected chi connectivity index (χ4v) is 4.26. The highest BCUT2D eigenvalue weighted by molar-refractivity contribution is 7.89. The molecule has 1 fully saturated rings. The lowest BCUT2D eigenvalue weighted by Crippen LogP contribution is -2.40. The summed E-state index contributed by atoms with van der Waals surface area (Å²) < 4.78 is 37.0. The predicted molar refractivity (Wildman–Crippen MR) is 99.2 cm³/mol. The molecule has 0 radical (unpaired) electrons. The Morgan fingerprint density at radius 1 is 1.30 bits per heavy atom. The standard InChI is InChI=1S/C17H23ClN2O6S/c1-12(2)19(3)16(21)11-26-17(22)13-4-5-14(18)15(10-13)27(23,24)20-6-8-25-9-7-20/h4-5,10,12H,6-9,11H2,1-3H3. The highest BCUT2D eigenvalue weighted by Gasteiger charge is 2.29. The molecular weight excluding hydrogens is 396 g/mol. The number of hydrogen-bond acceptors (Lipinski definition) is 6. The normalized spacial score (nSPS) is 15.6. The van der Waals surface area contributed by atoms with Crippen molar-refractivity contribution in [3.05, 3.63) is 28.8 Å². The summed E-state index contributed by atoms with van der Waals surface area (Å²) in [5.41, 5.74) is 0.00577. The van der Waals surface area contributed by atoms with Gasteiger partial charge in [-0.15, -0.1) is 0 Å². The van der Waals surface area contributed by atoms with Crippen LogP contribution in [0.5, 0.6) is 0 Å². The van der Waals surface area contributed by atoms with E-state index in [4.69, 9.17) is 21.1 Å². The smallest absolute Gasteiger partial charge is 0.338 e. The second-order valence-corrected chi connectivity index (χ2v) is 8.65. The average molecular weight is 419 g/mol. The Morgan fingerprint density at radius 2 is 1.93 bits per heavy atom. The molecule has 0 aromatic heterocycles. The Hall–Kier alpha value is -1.68. The number of benzene rings is 1. The van der Waals surface area contributed by atoms with Gasteiger partial charge in [0, 0.05) is 26.2 Å². The molecular formula is C17H23ClN2O6S. The molecule has 0 saturated carbocycles. The molecule has 1 aliphatic heterocycles. The van der Waals surface area contributed by atoms with Gasteiger partial charge >= 0.3 is 5.97 Å². The molecule has 0 bridgehead atoms. The van der Waals surface area contributed by atoms with Gasteiger partial charge in [-0.05, 0) is 32.0 Å². The van der Waals surface area contributed by atoms with E-state index in [2.05, 4.69) is 0 Å². The van der Waals surface area contributed by atoms with E-state index in [9.17, 15) is 18.0 Å². The largest absolute Gasteiger partial charge is 0.452 e. The number of nitrogens with zero attached hydrogens (tertiary/aromatic N) is 2. The molecule has 0 spiro atoms. The van der Waals surface area contributed by atoms with Crippen LogP contribution in [0.4, 0.5) is 0 Å². The van der Waals surface area contributed by atoms with Crippen molar-refractivity contribution >= 4 is 33.5 Å². The summed E-state index contributed by atoms with van der Waals surface area (Å²) in [6, 6.07) is 3.83. The quantitative estimate of drug-likeness (QED) is 0.648. The molecule has 1 saturated heterocycles. The summed E-state index contributed by atoms with van der Waals surface area (Å²) in [4.78, 5) is 25.4. The summed E-state index contributed by atoms with van der Waals surface area (Å²) in [6.45, 7) is 4.26. The van der Waals surface area contributed by atoms with E-state index < -0.39 is 22.6 Å². The number of carbonyl (C=O) groups excluding carboxylic acids is 2. The molecule has 2 rings (SSSR count). The van der Waals surface area contributed by atoms with Crippen LogP contribution in [0.3, 0.4) is 0 Å². The number of esters is 1. The molecule has 1 aliphatic rings. The maximum Gasteiger partial charge on any atom is 0.338 e. The predicted octanol–water partition coefficient (Wildman–Crippen LogP) is 1.38. The van der Waals surface area contributed by atoms with Gasteiger partial charge in [-0.1, -0.05) is 11.6 Å². The van der Waals surface area contributed by atoms with Crippen LogP contribution in [0, 0.1) is 0 Å². The van der Waals surface area contributed by atoms with E-state index in [1.807, 2.05) is 13.8 Å². The van der Waals surface area contributed by atoms with Crippen molar-refractivity contribution in [1.82, 2.24) is 9.21 Å². The highest BCUT2D eigenvalue weighted by Crippen LogP contribution is 2.26. The molecule has 0 unspecified atom stereocenters. The number of halogens is 1. The molecule has 0 aliphatic carbocycles. The van der Waals surface area contributed by atoms with Crippen LogP contribution in [0.15, 0.2) is 23.1 Å². The van der Waals surface area contributed by atoms with E-state index in [1.54, 1.807) is 7.05 Å². The van der Waals surface area contributed by atoms with Crippen molar-refractivity contribution < 1.29 is 27.5 Å². The molecule has 8 nitrogen and oxygen atoms in total. The first-order valence-corrected chi connectivity index (χ1v) is 10.3.